The van der Waals surface area contributed by atoms with Gasteiger partial charge in [-0.15, -0.1) is 0 Å². The number of rotatable bonds is 3. The second-order valence-electron chi connectivity index (χ2n) is 5.47. The molecular formula is C12H5F9O9. The van der Waals surface area contributed by atoms with E-state index in [1.54, 1.807) is 0 Å². The van der Waals surface area contributed by atoms with E-state index in [-0.39, 0.29) is 0 Å². The topological polar surface area (TPSA) is 114 Å². The standard InChI is InChI=1S/C12H5F9O9/c13-10(14,15)7(23)28-3-1-2(26-5(3)22)4(29-8(24)11(16,17)18)6(27-1)30-9(25)12(19,20)21/h1-4,6H. The normalized spacial score (nSPS) is 29.1. The van der Waals surface area contributed by atoms with Crippen molar-refractivity contribution in [3.05, 3.63) is 0 Å². The van der Waals surface area contributed by atoms with Crippen molar-refractivity contribution in [3.63, 3.8) is 0 Å². The lowest BCUT2D eigenvalue weighted by Crippen LogP contribution is -2.43. The summed E-state index contributed by atoms with van der Waals surface area (Å²) in [5.41, 5.74) is 0. The smallest absolute Gasteiger partial charge is 0.452 e. The molecule has 0 amide bonds. The number of hydrogen-bond donors (Lipinski definition) is 0. The number of esters is 4. The molecule has 0 aromatic heterocycles. The van der Waals surface area contributed by atoms with Crippen molar-refractivity contribution in [2.75, 3.05) is 0 Å². The van der Waals surface area contributed by atoms with E-state index in [1.807, 2.05) is 0 Å². The fourth-order valence-corrected chi connectivity index (χ4v) is 2.24. The second kappa shape index (κ2) is 7.47. The molecule has 2 rings (SSSR count). The molecule has 5 atom stereocenters. The monoisotopic (exact) mass is 464 g/mol. The number of carbonyl (C=O) groups is 4. The highest BCUT2D eigenvalue weighted by molar-refractivity contribution is 5.84. The fraction of sp³-hybridized carbons (Fsp3) is 0.667. The Morgan fingerprint density at radius 1 is 0.700 bits per heavy atom. The van der Waals surface area contributed by atoms with Crippen LogP contribution in [0, 0.1) is 0 Å². The molecule has 0 aromatic carbocycles. The van der Waals surface area contributed by atoms with Crippen LogP contribution in [0.15, 0.2) is 0 Å². The third-order valence-corrected chi connectivity index (χ3v) is 3.38. The van der Waals surface area contributed by atoms with Gasteiger partial charge in [-0.1, -0.05) is 0 Å². The molecule has 2 heterocycles. The highest BCUT2D eigenvalue weighted by Crippen LogP contribution is 2.38. The number of fused-ring (bicyclic) bond motifs is 1. The molecule has 18 heteroatoms. The largest absolute Gasteiger partial charge is 0.491 e. The van der Waals surface area contributed by atoms with E-state index in [2.05, 4.69) is 23.7 Å². The van der Waals surface area contributed by atoms with Crippen LogP contribution in [-0.2, 0) is 42.9 Å². The van der Waals surface area contributed by atoms with Gasteiger partial charge in [0, 0.05) is 0 Å². The minimum atomic E-state index is -5.72. The van der Waals surface area contributed by atoms with E-state index in [9.17, 15) is 58.7 Å². The molecule has 30 heavy (non-hydrogen) atoms. The first-order chi connectivity index (χ1) is 13.4. The van der Waals surface area contributed by atoms with Gasteiger partial charge in [0.15, 0.2) is 12.2 Å². The molecule has 0 aromatic rings. The summed E-state index contributed by atoms with van der Waals surface area (Å²) in [7, 11) is 0. The van der Waals surface area contributed by atoms with Gasteiger partial charge in [0.1, 0.15) is 0 Å². The van der Waals surface area contributed by atoms with Crippen LogP contribution < -0.4 is 0 Å². The van der Waals surface area contributed by atoms with Gasteiger partial charge < -0.3 is 23.7 Å². The van der Waals surface area contributed by atoms with Crippen LogP contribution in [-0.4, -0.2) is 73.1 Å². The third-order valence-electron chi connectivity index (χ3n) is 3.38. The van der Waals surface area contributed by atoms with E-state index < -0.39 is 73.1 Å². The summed E-state index contributed by atoms with van der Waals surface area (Å²) in [6.45, 7) is 0. The van der Waals surface area contributed by atoms with Crippen molar-refractivity contribution in [1.29, 1.82) is 0 Å². The molecule has 2 fully saturated rings. The molecule has 0 spiro atoms. The quantitative estimate of drug-likeness (QED) is 0.338. The van der Waals surface area contributed by atoms with Gasteiger partial charge in [-0.05, 0) is 0 Å². The maximum atomic E-state index is 12.4. The summed E-state index contributed by atoms with van der Waals surface area (Å²) in [5, 5.41) is 0. The zero-order valence-corrected chi connectivity index (χ0v) is 13.5. The molecule has 9 nitrogen and oxygen atoms in total. The van der Waals surface area contributed by atoms with Crippen molar-refractivity contribution in [1.82, 2.24) is 0 Å². The zero-order valence-electron chi connectivity index (χ0n) is 13.5. The lowest BCUT2D eigenvalue weighted by atomic mass is 10.1. The molecule has 0 saturated carbocycles. The summed E-state index contributed by atoms with van der Waals surface area (Å²) in [6.07, 6.45) is -29.8. The first-order valence-electron chi connectivity index (χ1n) is 7.12. The van der Waals surface area contributed by atoms with E-state index >= 15 is 0 Å². The van der Waals surface area contributed by atoms with E-state index in [4.69, 9.17) is 0 Å². The highest BCUT2D eigenvalue weighted by Gasteiger charge is 2.64. The van der Waals surface area contributed by atoms with Gasteiger partial charge in [-0.3, -0.25) is 0 Å². The number of alkyl halides is 9. The van der Waals surface area contributed by atoms with E-state index in [0.717, 1.165) is 0 Å². The van der Waals surface area contributed by atoms with Crippen LogP contribution in [0.1, 0.15) is 0 Å². The Morgan fingerprint density at radius 3 is 1.60 bits per heavy atom. The van der Waals surface area contributed by atoms with Crippen molar-refractivity contribution >= 4 is 23.9 Å². The van der Waals surface area contributed by atoms with Gasteiger partial charge >= 0.3 is 42.4 Å². The molecule has 2 saturated heterocycles. The lowest BCUT2D eigenvalue weighted by molar-refractivity contribution is -0.246. The summed E-state index contributed by atoms with van der Waals surface area (Å²) in [5.74, 6) is -10.9. The zero-order chi connectivity index (χ0) is 23.2. The van der Waals surface area contributed by atoms with Crippen molar-refractivity contribution in [3.8, 4) is 0 Å². The van der Waals surface area contributed by atoms with Gasteiger partial charge in [0.25, 0.3) is 0 Å². The second-order valence-corrected chi connectivity index (χ2v) is 5.47. The molecule has 5 unspecified atom stereocenters. The van der Waals surface area contributed by atoms with Gasteiger partial charge in [-0.2, -0.15) is 39.5 Å². The molecule has 0 radical (unpaired) electrons. The van der Waals surface area contributed by atoms with Gasteiger partial charge in [-0.25, -0.2) is 19.2 Å². The van der Waals surface area contributed by atoms with Crippen LogP contribution in [0.3, 0.4) is 0 Å². The van der Waals surface area contributed by atoms with Crippen molar-refractivity contribution in [2.24, 2.45) is 0 Å². The van der Waals surface area contributed by atoms with Gasteiger partial charge in [0.05, 0.1) is 0 Å². The van der Waals surface area contributed by atoms with Crippen molar-refractivity contribution < 1.29 is 82.4 Å². The Balaban J connectivity index is 2.28. The van der Waals surface area contributed by atoms with E-state index in [1.165, 1.54) is 0 Å². The average molecular weight is 464 g/mol. The Kier molecular flexibility index (Phi) is 5.85. The molecular weight excluding hydrogens is 459 g/mol. The Labute approximate surface area is 156 Å². The van der Waals surface area contributed by atoms with Crippen LogP contribution in [0.4, 0.5) is 39.5 Å². The first-order valence-corrected chi connectivity index (χ1v) is 7.12. The molecule has 2 aliphatic rings. The number of hydrogen-bond acceptors (Lipinski definition) is 9. The van der Waals surface area contributed by atoms with Crippen LogP contribution in [0.2, 0.25) is 0 Å². The minimum absolute atomic E-state index is 1.81. The van der Waals surface area contributed by atoms with Crippen LogP contribution in [0.5, 0.6) is 0 Å². The summed E-state index contributed by atoms with van der Waals surface area (Å²) in [4.78, 5) is 44.3. The fourth-order valence-electron chi connectivity index (χ4n) is 2.24. The molecule has 2 aliphatic heterocycles. The predicted molar refractivity (Wildman–Crippen MR) is 62.6 cm³/mol. The molecule has 0 N–H and O–H groups in total. The average Bonchev–Trinajstić information content (AvgIpc) is 3.02. The van der Waals surface area contributed by atoms with Crippen LogP contribution >= 0.6 is 0 Å². The third kappa shape index (κ3) is 4.85. The summed E-state index contributed by atoms with van der Waals surface area (Å²) >= 11 is 0. The molecule has 0 bridgehead atoms. The summed E-state index contributed by atoms with van der Waals surface area (Å²) < 4.78 is 131. The number of ether oxygens (including phenoxy) is 5. The molecule has 0 aliphatic carbocycles. The molecule has 170 valence electrons. The maximum Gasteiger partial charge on any atom is 0.491 e. The van der Waals surface area contributed by atoms with Crippen LogP contribution in [0.25, 0.3) is 0 Å². The summed E-state index contributed by atoms with van der Waals surface area (Å²) in [6, 6.07) is 0. The first kappa shape index (κ1) is 23.5. The predicted octanol–water partition coefficient (Wildman–Crippen LogP) is 0.690. The van der Waals surface area contributed by atoms with E-state index in [0.29, 0.717) is 0 Å². The number of halogens is 9. The Morgan fingerprint density at radius 2 is 1.13 bits per heavy atom. The Bertz CT molecular complexity index is 741. The lowest BCUT2D eigenvalue weighted by Gasteiger charge is -2.22. The van der Waals surface area contributed by atoms with Crippen molar-refractivity contribution in [2.45, 2.75) is 49.2 Å². The SMILES string of the molecule is O=C1OC2C(OC(=O)C(F)(F)F)C(OC(=O)C(F)(F)F)OC2C1OC(=O)C(F)(F)F. The maximum absolute atomic E-state index is 12.4. The van der Waals surface area contributed by atoms with Gasteiger partial charge in [0.2, 0.25) is 18.5 Å². The minimum Gasteiger partial charge on any atom is -0.452 e. The number of carbonyl (C=O) groups excluding carboxylic acids is 4. The highest BCUT2D eigenvalue weighted by atomic mass is 19.4. The Hall–Kier alpha value is -2.79.